The lowest BCUT2D eigenvalue weighted by molar-refractivity contribution is 0.104. The van der Waals surface area contributed by atoms with Gasteiger partial charge in [0.25, 0.3) is 0 Å². The van der Waals surface area contributed by atoms with E-state index in [1.54, 1.807) is 31.2 Å². The molecule has 0 atom stereocenters. The van der Waals surface area contributed by atoms with Crippen LogP contribution < -0.4 is 10.1 Å². The van der Waals surface area contributed by atoms with Crippen molar-refractivity contribution >= 4 is 17.9 Å². The fraction of sp³-hybridized carbons (Fsp3) is 0.500. The number of urea groups is 1. The van der Waals surface area contributed by atoms with Gasteiger partial charge in [-0.15, -0.1) is 0 Å². The monoisotopic (exact) mass is 306 g/mol. The van der Waals surface area contributed by atoms with E-state index in [9.17, 15) is 9.59 Å². The fourth-order valence-electron chi connectivity index (χ4n) is 2.26. The van der Waals surface area contributed by atoms with Crippen LogP contribution in [0.2, 0.25) is 0 Å². The molecule has 0 saturated carbocycles. The molecule has 0 radical (unpaired) electrons. The van der Waals surface area contributed by atoms with Crippen LogP contribution in [0.25, 0.3) is 0 Å². The summed E-state index contributed by atoms with van der Waals surface area (Å²) in [4.78, 5) is 25.1. The van der Waals surface area contributed by atoms with Crippen molar-refractivity contribution in [3.63, 3.8) is 0 Å². The third-order valence-corrected chi connectivity index (χ3v) is 3.64. The molecule has 22 heavy (non-hydrogen) atoms. The maximum absolute atomic E-state index is 12.1. The summed E-state index contributed by atoms with van der Waals surface area (Å²) < 4.78 is 9.65. The summed E-state index contributed by atoms with van der Waals surface area (Å²) in [5.74, 6) is 1.06. The zero-order valence-electron chi connectivity index (χ0n) is 13.0. The van der Waals surface area contributed by atoms with Crippen LogP contribution in [0.4, 0.5) is 15.3 Å². The van der Waals surface area contributed by atoms with Gasteiger partial charge in [0.15, 0.2) is 0 Å². The van der Waals surface area contributed by atoms with Gasteiger partial charge in [0.1, 0.15) is 5.75 Å². The highest BCUT2D eigenvalue weighted by molar-refractivity contribution is 5.89. The zero-order chi connectivity index (χ0) is 15.9. The number of likely N-dealkylation sites (tertiary alicyclic amines) is 1. The SMILES string of the molecule is CCOC(=O)Oc1ccc(NC(=O)N2CCC(C)CC2)cc1. The molecule has 1 aliphatic heterocycles. The standard InChI is InChI=1S/C16H22N2O4/c1-3-21-16(20)22-14-6-4-13(5-7-14)17-15(19)18-10-8-12(2)9-11-18/h4-7,12H,3,8-11H2,1-2H3,(H,17,19). The third-order valence-electron chi connectivity index (χ3n) is 3.64. The number of rotatable bonds is 3. The highest BCUT2D eigenvalue weighted by Crippen LogP contribution is 2.19. The molecule has 0 bridgehead atoms. The average Bonchev–Trinajstić information content (AvgIpc) is 2.50. The summed E-state index contributed by atoms with van der Waals surface area (Å²) in [7, 11) is 0. The Bertz CT molecular complexity index is 507. The number of anilines is 1. The molecule has 1 N–H and O–H groups in total. The minimum absolute atomic E-state index is 0.0917. The minimum Gasteiger partial charge on any atom is -0.434 e. The van der Waals surface area contributed by atoms with Crippen LogP contribution in [0.1, 0.15) is 26.7 Å². The van der Waals surface area contributed by atoms with E-state index in [0.29, 0.717) is 17.4 Å². The number of amides is 2. The number of carbonyl (C=O) groups is 2. The zero-order valence-corrected chi connectivity index (χ0v) is 13.0. The minimum atomic E-state index is -0.735. The highest BCUT2D eigenvalue weighted by atomic mass is 16.7. The Morgan fingerprint density at radius 1 is 1.23 bits per heavy atom. The first-order valence-electron chi connectivity index (χ1n) is 7.59. The van der Waals surface area contributed by atoms with Gasteiger partial charge in [0.05, 0.1) is 6.61 Å². The molecule has 1 aromatic rings. The van der Waals surface area contributed by atoms with E-state index in [0.717, 1.165) is 25.9 Å². The first-order chi connectivity index (χ1) is 10.6. The molecule has 0 aromatic heterocycles. The van der Waals surface area contributed by atoms with Crippen molar-refractivity contribution in [3.05, 3.63) is 24.3 Å². The number of nitrogens with zero attached hydrogens (tertiary/aromatic N) is 1. The summed E-state index contributed by atoms with van der Waals surface area (Å²) in [6.45, 7) is 5.76. The molecule has 6 heteroatoms. The maximum Gasteiger partial charge on any atom is 0.513 e. The lowest BCUT2D eigenvalue weighted by Gasteiger charge is -2.30. The molecule has 0 unspecified atom stereocenters. The Labute approximate surface area is 130 Å². The molecule has 1 aliphatic rings. The number of benzene rings is 1. The van der Waals surface area contributed by atoms with E-state index in [4.69, 9.17) is 9.47 Å². The highest BCUT2D eigenvalue weighted by Gasteiger charge is 2.20. The lowest BCUT2D eigenvalue weighted by atomic mass is 10.00. The molecule has 1 aromatic carbocycles. The van der Waals surface area contributed by atoms with Crippen molar-refractivity contribution in [1.29, 1.82) is 0 Å². The second kappa shape index (κ2) is 7.68. The average molecular weight is 306 g/mol. The Kier molecular flexibility index (Phi) is 5.63. The Morgan fingerprint density at radius 3 is 2.45 bits per heavy atom. The van der Waals surface area contributed by atoms with Crippen LogP contribution in [0.3, 0.4) is 0 Å². The number of hydrogen-bond donors (Lipinski definition) is 1. The van der Waals surface area contributed by atoms with Gasteiger partial charge >= 0.3 is 12.2 Å². The van der Waals surface area contributed by atoms with Crippen molar-refractivity contribution in [2.75, 3.05) is 25.0 Å². The number of nitrogens with one attached hydrogen (secondary N) is 1. The van der Waals surface area contributed by atoms with Crippen LogP contribution in [0.5, 0.6) is 5.75 Å². The number of piperidine rings is 1. The van der Waals surface area contributed by atoms with Crippen molar-refractivity contribution in [2.45, 2.75) is 26.7 Å². The Hall–Kier alpha value is -2.24. The van der Waals surface area contributed by atoms with Gasteiger partial charge in [-0.2, -0.15) is 0 Å². The summed E-state index contributed by atoms with van der Waals surface area (Å²) >= 11 is 0. The summed E-state index contributed by atoms with van der Waals surface area (Å²) in [5, 5.41) is 2.85. The van der Waals surface area contributed by atoms with Crippen LogP contribution in [-0.4, -0.2) is 36.8 Å². The van der Waals surface area contributed by atoms with Gasteiger partial charge in [-0.05, 0) is 49.9 Å². The van der Waals surface area contributed by atoms with Crippen LogP contribution in [0.15, 0.2) is 24.3 Å². The van der Waals surface area contributed by atoms with Crippen molar-refractivity contribution in [2.24, 2.45) is 5.92 Å². The van der Waals surface area contributed by atoms with Crippen molar-refractivity contribution < 1.29 is 19.1 Å². The smallest absolute Gasteiger partial charge is 0.434 e. The van der Waals surface area contributed by atoms with Crippen molar-refractivity contribution in [3.8, 4) is 5.75 Å². The predicted molar refractivity (Wildman–Crippen MR) is 83.1 cm³/mol. The molecular formula is C16H22N2O4. The van der Waals surface area contributed by atoms with E-state index in [2.05, 4.69) is 12.2 Å². The molecule has 2 amide bonds. The molecule has 0 aliphatic carbocycles. The third kappa shape index (κ3) is 4.65. The van der Waals surface area contributed by atoms with E-state index in [-0.39, 0.29) is 12.6 Å². The molecule has 6 nitrogen and oxygen atoms in total. The van der Waals surface area contributed by atoms with Crippen LogP contribution in [0, 0.1) is 5.92 Å². The fourth-order valence-corrected chi connectivity index (χ4v) is 2.26. The molecule has 120 valence electrons. The number of carbonyl (C=O) groups excluding carboxylic acids is 2. The van der Waals surface area contributed by atoms with Crippen molar-refractivity contribution in [1.82, 2.24) is 4.90 Å². The molecule has 1 heterocycles. The number of ether oxygens (including phenoxy) is 2. The summed E-state index contributed by atoms with van der Waals surface area (Å²) in [5.41, 5.74) is 0.667. The Morgan fingerprint density at radius 2 is 1.86 bits per heavy atom. The van der Waals surface area contributed by atoms with Crippen LogP contribution in [-0.2, 0) is 4.74 Å². The first-order valence-corrected chi connectivity index (χ1v) is 7.59. The first kappa shape index (κ1) is 16.1. The number of hydrogen-bond acceptors (Lipinski definition) is 4. The molecule has 0 spiro atoms. The van der Waals surface area contributed by atoms with Gasteiger partial charge in [-0.25, -0.2) is 9.59 Å². The molecule has 1 fully saturated rings. The molecule has 1 saturated heterocycles. The Balaban J connectivity index is 1.85. The van der Waals surface area contributed by atoms with Gasteiger partial charge in [0, 0.05) is 18.8 Å². The molecule has 2 rings (SSSR count). The van der Waals surface area contributed by atoms with Gasteiger partial charge in [-0.1, -0.05) is 6.92 Å². The lowest BCUT2D eigenvalue weighted by Crippen LogP contribution is -2.40. The van der Waals surface area contributed by atoms with E-state index >= 15 is 0 Å². The topological polar surface area (TPSA) is 67.9 Å². The quantitative estimate of drug-likeness (QED) is 0.685. The van der Waals surface area contributed by atoms with Gasteiger partial charge in [-0.3, -0.25) is 0 Å². The second-order valence-corrected chi connectivity index (χ2v) is 5.41. The largest absolute Gasteiger partial charge is 0.513 e. The van der Waals surface area contributed by atoms with E-state index in [1.807, 2.05) is 4.90 Å². The van der Waals surface area contributed by atoms with E-state index in [1.165, 1.54) is 0 Å². The van der Waals surface area contributed by atoms with Gasteiger partial charge in [0.2, 0.25) is 0 Å². The summed E-state index contributed by atoms with van der Waals surface area (Å²) in [6.07, 6.45) is 1.35. The maximum atomic E-state index is 12.1. The molecular weight excluding hydrogens is 284 g/mol. The summed E-state index contributed by atoms with van der Waals surface area (Å²) in [6, 6.07) is 6.53. The second-order valence-electron chi connectivity index (χ2n) is 5.41. The predicted octanol–water partition coefficient (Wildman–Crippen LogP) is 3.49. The normalized spacial score (nSPS) is 15.3. The van der Waals surface area contributed by atoms with E-state index < -0.39 is 6.16 Å². The van der Waals surface area contributed by atoms with Gasteiger partial charge < -0.3 is 19.7 Å². The van der Waals surface area contributed by atoms with Crippen LogP contribution >= 0.6 is 0 Å².